The summed E-state index contributed by atoms with van der Waals surface area (Å²) in [4.78, 5) is 40.7. The Hall–Kier alpha value is -1.97. The predicted octanol–water partition coefficient (Wildman–Crippen LogP) is 0.137. The number of urea groups is 1. The number of rotatable bonds is 1. The number of piperazine rings is 2. The Kier molecular flexibility index (Phi) is 7.39. The van der Waals surface area contributed by atoms with E-state index >= 15 is 0 Å². The van der Waals surface area contributed by atoms with Gasteiger partial charge in [-0.05, 0) is 40.5 Å². The van der Waals surface area contributed by atoms with Crippen LogP contribution in [0, 0.1) is 0 Å². The number of hydrogen-bond donors (Lipinski definition) is 3. The summed E-state index contributed by atoms with van der Waals surface area (Å²) in [5.74, 6) is -0.345. The van der Waals surface area contributed by atoms with Crippen LogP contribution in [0.25, 0.3) is 0 Å². The molecular weight excluding hydrogens is 396 g/mol. The molecular formula is C22H38N6O3. The van der Waals surface area contributed by atoms with Crippen LogP contribution in [0.1, 0.15) is 40.5 Å². The second kappa shape index (κ2) is 9.67. The van der Waals surface area contributed by atoms with E-state index in [2.05, 4.69) is 43.6 Å². The van der Waals surface area contributed by atoms with Crippen molar-refractivity contribution in [3.05, 3.63) is 12.2 Å². The first kappa shape index (κ1) is 23.7. The number of nitrogens with one attached hydrogen (secondary N) is 3. The molecule has 9 nitrogen and oxygen atoms in total. The molecule has 31 heavy (non-hydrogen) atoms. The van der Waals surface area contributed by atoms with Gasteiger partial charge < -0.3 is 25.8 Å². The van der Waals surface area contributed by atoms with Gasteiger partial charge in [-0.15, -0.1) is 0 Å². The molecule has 4 aliphatic rings. The zero-order chi connectivity index (χ0) is 22.6. The van der Waals surface area contributed by atoms with Crippen LogP contribution in [0.4, 0.5) is 4.79 Å². The third-order valence-corrected chi connectivity index (χ3v) is 6.15. The van der Waals surface area contributed by atoms with Crippen LogP contribution in [0.5, 0.6) is 0 Å². The summed E-state index contributed by atoms with van der Waals surface area (Å²) < 4.78 is 0. The Labute approximate surface area is 185 Å². The molecule has 4 heterocycles. The fourth-order valence-corrected chi connectivity index (χ4v) is 5.13. The Morgan fingerprint density at radius 1 is 0.806 bits per heavy atom. The SMILES string of the molecule is CC1(C)CC(N2C(=O)C=CC2=O)CC(C)(C)N1.O=C(N1CCNCC1)N1CCNCC1. The highest BCUT2D eigenvalue weighted by molar-refractivity contribution is 6.13. The molecule has 0 spiro atoms. The maximum atomic E-state index is 11.9. The van der Waals surface area contributed by atoms with E-state index in [9.17, 15) is 14.4 Å². The third-order valence-electron chi connectivity index (χ3n) is 6.15. The van der Waals surface area contributed by atoms with Crippen LogP contribution in [-0.2, 0) is 9.59 Å². The van der Waals surface area contributed by atoms with Gasteiger partial charge in [0.25, 0.3) is 11.8 Å². The van der Waals surface area contributed by atoms with Crippen molar-refractivity contribution in [2.75, 3.05) is 52.4 Å². The second-order valence-electron chi connectivity index (χ2n) is 10.1. The van der Waals surface area contributed by atoms with E-state index in [4.69, 9.17) is 0 Å². The minimum Gasteiger partial charge on any atom is -0.322 e. The van der Waals surface area contributed by atoms with Crippen LogP contribution in [0.15, 0.2) is 12.2 Å². The summed E-state index contributed by atoms with van der Waals surface area (Å²) in [6.07, 6.45) is 4.33. The first-order valence-electron chi connectivity index (χ1n) is 11.4. The zero-order valence-electron chi connectivity index (χ0n) is 19.4. The van der Waals surface area contributed by atoms with Crippen molar-refractivity contribution in [3.63, 3.8) is 0 Å². The smallest absolute Gasteiger partial charge is 0.320 e. The molecule has 9 heteroatoms. The number of carbonyl (C=O) groups is 3. The number of piperidine rings is 1. The van der Waals surface area contributed by atoms with Crippen LogP contribution in [0.2, 0.25) is 0 Å². The van der Waals surface area contributed by atoms with Crippen molar-refractivity contribution in [1.29, 1.82) is 0 Å². The molecule has 0 radical (unpaired) electrons. The molecule has 0 aromatic rings. The normalized spacial score (nSPS) is 26.0. The van der Waals surface area contributed by atoms with Gasteiger partial charge in [-0.2, -0.15) is 0 Å². The molecule has 0 bridgehead atoms. The number of amides is 4. The van der Waals surface area contributed by atoms with Gasteiger partial charge in [-0.3, -0.25) is 14.5 Å². The maximum Gasteiger partial charge on any atom is 0.320 e. The maximum absolute atomic E-state index is 11.9. The van der Waals surface area contributed by atoms with Gasteiger partial charge in [0.15, 0.2) is 0 Å². The Morgan fingerprint density at radius 2 is 1.19 bits per heavy atom. The van der Waals surface area contributed by atoms with Gasteiger partial charge in [0.2, 0.25) is 0 Å². The molecule has 4 amide bonds. The van der Waals surface area contributed by atoms with Crippen molar-refractivity contribution >= 4 is 17.8 Å². The van der Waals surface area contributed by atoms with E-state index in [1.165, 1.54) is 17.1 Å². The monoisotopic (exact) mass is 434 g/mol. The largest absolute Gasteiger partial charge is 0.322 e. The first-order valence-corrected chi connectivity index (χ1v) is 11.4. The molecule has 0 unspecified atom stereocenters. The van der Waals surface area contributed by atoms with E-state index in [1.54, 1.807) is 0 Å². The summed E-state index contributed by atoms with van der Waals surface area (Å²) in [5, 5.41) is 10.0. The first-order chi connectivity index (χ1) is 14.6. The summed E-state index contributed by atoms with van der Waals surface area (Å²) in [6, 6.07) is 0.212. The topological polar surface area (TPSA) is 97.0 Å². The molecule has 0 aromatic heterocycles. The van der Waals surface area contributed by atoms with Crippen molar-refractivity contribution in [2.24, 2.45) is 0 Å². The van der Waals surface area contributed by atoms with Gasteiger partial charge in [0.05, 0.1) is 0 Å². The van der Waals surface area contributed by atoms with Crippen molar-refractivity contribution < 1.29 is 14.4 Å². The van der Waals surface area contributed by atoms with Gasteiger partial charge >= 0.3 is 6.03 Å². The van der Waals surface area contributed by atoms with Crippen LogP contribution in [0.3, 0.4) is 0 Å². The fraction of sp³-hybridized carbons (Fsp3) is 0.773. The average Bonchev–Trinajstić information content (AvgIpc) is 3.05. The highest BCUT2D eigenvalue weighted by Gasteiger charge is 2.43. The molecule has 0 saturated carbocycles. The van der Waals surface area contributed by atoms with E-state index in [0.29, 0.717) is 0 Å². The minimum atomic E-state index is -0.173. The molecule has 0 aliphatic carbocycles. The Bertz CT molecular complexity index is 654. The highest BCUT2D eigenvalue weighted by Crippen LogP contribution is 2.32. The molecule has 4 aliphatic heterocycles. The van der Waals surface area contributed by atoms with Crippen LogP contribution < -0.4 is 16.0 Å². The van der Waals surface area contributed by atoms with Gasteiger partial charge in [-0.25, -0.2) is 4.79 Å². The number of carbonyl (C=O) groups excluding carboxylic acids is 3. The molecule has 3 N–H and O–H groups in total. The predicted molar refractivity (Wildman–Crippen MR) is 120 cm³/mol. The van der Waals surface area contributed by atoms with Crippen LogP contribution in [-0.4, -0.2) is 102 Å². The quantitative estimate of drug-likeness (QED) is 0.508. The average molecular weight is 435 g/mol. The molecule has 3 saturated heterocycles. The lowest BCUT2D eigenvalue weighted by Crippen LogP contribution is -2.62. The molecule has 4 rings (SSSR count). The standard InChI is InChI=1S/C13H20N2O2.C9H18N4O/c1-12(2)7-9(8-13(3,4)14-12)15-10(16)5-6-11(15)17;14-9(12-5-1-10-2-6-12)13-7-3-11-4-8-13/h5-6,9,14H,7-8H2,1-4H3;10-11H,1-8H2. The van der Waals surface area contributed by atoms with E-state index in [-0.39, 0.29) is 35.0 Å². The Morgan fingerprint density at radius 3 is 1.58 bits per heavy atom. The number of hydrogen-bond acceptors (Lipinski definition) is 6. The summed E-state index contributed by atoms with van der Waals surface area (Å²) in [6.45, 7) is 15.6. The summed E-state index contributed by atoms with van der Waals surface area (Å²) in [5.41, 5.74) is -0.120. The molecule has 0 aromatic carbocycles. The summed E-state index contributed by atoms with van der Waals surface area (Å²) >= 11 is 0. The van der Waals surface area contributed by atoms with Gasteiger partial charge in [0.1, 0.15) is 0 Å². The Balaban J connectivity index is 0.000000179. The molecule has 174 valence electrons. The van der Waals surface area contributed by atoms with E-state index < -0.39 is 0 Å². The minimum absolute atomic E-state index is 0.00347. The third kappa shape index (κ3) is 6.27. The molecule has 0 atom stereocenters. The lowest BCUT2D eigenvalue weighted by molar-refractivity contribution is -0.141. The van der Waals surface area contributed by atoms with E-state index in [1.807, 2.05) is 9.80 Å². The van der Waals surface area contributed by atoms with Gasteiger partial charge in [0, 0.05) is 81.6 Å². The summed E-state index contributed by atoms with van der Waals surface area (Å²) in [7, 11) is 0. The highest BCUT2D eigenvalue weighted by atomic mass is 16.2. The lowest BCUT2D eigenvalue weighted by atomic mass is 9.79. The van der Waals surface area contributed by atoms with Gasteiger partial charge in [-0.1, -0.05) is 0 Å². The van der Waals surface area contributed by atoms with Crippen molar-refractivity contribution in [2.45, 2.75) is 57.7 Å². The van der Waals surface area contributed by atoms with Crippen LogP contribution >= 0.6 is 0 Å². The van der Waals surface area contributed by atoms with Crippen molar-refractivity contribution in [1.82, 2.24) is 30.7 Å². The number of nitrogens with zero attached hydrogens (tertiary/aromatic N) is 3. The zero-order valence-corrected chi connectivity index (χ0v) is 19.4. The van der Waals surface area contributed by atoms with E-state index in [0.717, 1.165) is 65.2 Å². The lowest BCUT2D eigenvalue weighted by Gasteiger charge is -2.48. The molecule has 3 fully saturated rings. The number of imide groups is 1. The van der Waals surface area contributed by atoms with Crippen molar-refractivity contribution in [3.8, 4) is 0 Å². The second-order valence-corrected chi connectivity index (χ2v) is 10.1. The fourth-order valence-electron chi connectivity index (χ4n) is 5.13.